The first kappa shape index (κ1) is 15.5. The predicted octanol–water partition coefficient (Wildman–Crippen LogP) is 3.18. The average molecular weight is 327 g/mol. The molecule has 1 aliphatic heterocycles. The lowest BCUT2D eigenvalue weighted by Gasteiger charge is -2.28. The summed E-state index contributed by atoms with van der Waals surface area (Å²) in [6, 6.07) is 13.5. The summed E-state index contributed by atoms with van der Waals surface area (Å²) >= 11 is 1.55. The highest BCUT2D eigenvalue weighted by Gasteiger charge is 2.39. The third kappa shape index (κ3) is 3.19. The van der Waals surface area contributed by atoms with Crippen LogP contribution >= 0.6 is 11.3 Å². The van der Waals surface area contributed by atoms with Crippen LogP contribution < -0.4 is 5.32 Å². The normalized spacial score (nSPS) is 20.6. The quantitative estimate of drug-likeness (QED) is 0.693. The van der Waals surface area contributed by atoms with Gasteiger partial charge >= 0.3 is 5.97 Å². The molecule has 1 amide bonds. The second kappa shape index (κ2) is 6.79. The van der Waals surface area contributed by atoms with Crippen molar-refractivity contribution >= 4 is 28.9 Å². The van der Waals surface area contributed by atoms with Crippen LogP contribution in [0.3, 0.4) is 0 Å². The van der Waals surface area contributed by atoms with E-state index in [2.05, 4.69) is 5.32 Å². The van der Waals surface area contributed by atoms with Crippen molar-refractivity contribution in [2.45, 2.75) is 12.8 Å². The highest BCUT2D eigenvalue weighted by molar-refractivity contribution is 7.11. The Bertz CT molecular complexity index is 722. The van der Waals surface area contributed by atoms with Gasteiger partial charge < -0.3 is 10.1 Å². The van der Waals surface area contributed by atoms with Gasteiger partial charge in [-0.3, -0.25) is 9.59 Å². The fourth-order valence-electron chi connectivity index (χ4n) is 2.72. The van der Waals surface area contributed by atoms with Gasteiger partial charge in [0.25, 0.3) is 0 Å². The first-order valence-electron chi connectivity index (χ1n) is 7.49. The zero-order valence-corrected chi connectivity index (χ0v) is 13.5. The first-order chi connectivity index (χ1) is 11.2. The number of amides is 1. The highest BCUT2D eigenvalue weighted by atomic mass is 32.1. The fraction of sp³-hybridized carbons (Fsp3) is 0.222. The summed E-state index contributed by atoms with van der Waals surface area (Å²) < 4.78 is 5.10. The number of carbonyl (C=O) groups excluding carboxylic acids is 2. The Morgan fingerprint density at radius 2 is 2.00 bits per heavy atom. The van der Waals surface area contributed by atoms with Gasteiger partial charge in [0.15, 0.2) is 0 Å². The fourth-order valence-corrected chi connectivity index (χ4v) is 3.42. The molecule has 2 atom stereocenters. The lowest BCUT2D eigenvalue weighted by molar-refractivity contribution is -0.152. The van der Waals surface area contributed by atoms with E-state index in [9.17, 15) is 9.59 Å². The summed E-state index contributed by atoms with van der Waals surface area (Å²) in [7, 11) is 0. The Kier molecular flexibility index (Phi) is 4.57. The van der Waals surface area contributed by atoms with E-state index in [1.807, 2.05) is 53.9 Å². The number of nitrogens with one attached hydrogen (secondary N) is 1. The van der Waals surface area contributed by atoms with Crippen LogP contribution in [0.2, 0.25) is 0 Å². The minimum Gasteiger partial charge on any atom is -0.465 e. The number of esters is 1. The van der Waals surface area contributed by atoms with Crippen molar-refractivity contribution in [3.63, 3.8) is 0 Å². The molecule has 1 N–H and O–H groups in total. The van der Waals surface area contributed by atoms with Crippen LogP contribution in [0.25, 0.3) is 5.70 Å². The van der Waals surface area contributed by atoms with Crippen LogP contribution in [0.1, 0.15) is 23.3 Å². The average Bonchev–Trinajstić information content (AvgIpc) is 3.09. The lowest BCUT2D eigenvalue weighted by atomic mass is 9.82. The molecule has 1 aromatic heterocycles. The Morgan fingerprint density at radius 1 is 1.22 bits per heavy atom. The van der Waals surface area contributed by atoms with Gasteiger partial charge in [-0.05, 0) is 23.9 Å². The summed E-state index contributed by atoms with van der Waals surface area (Å²) in [4.78, 5) is 25.8. The molecule has 0 radical (unpaired) electrons. The standard InChI is InChI=1S/C18H17NO3S/c1-2-22-18(21)16-13(12-7-4-3-5-8-12)11-14(19-17(16)20)15-9-6-10-23-15/h3-11,13,16H,2H2,1H3,(H,19,20). The molecule has 0 bridgehead atoms. The molecule has 0 spiro atoms. The molecule has 0 fully saturated rings. The molecule has 1 aromatic carbocycles. The Morgan fingerprint density at radius 3 is 2.65 bits per heavy atom. The minimum absolute atomic E-state index is 0.256. The van der Waals surface area contributed by atoms with Gasteiger partial charge in [-0.25, -0.2) is 0 Å². The van der Waals surface area contributed by atoms with Crippen LogP contribution in [0, 0.1) is 5.92 Å². The van der Waals surface area contributed by atoms with Crippen molar-refractivity contribution < 1.29 is 14.3 Å². The molecule has 3 rings (SSSR count). The van der Waals surface area contributed by atoms with Gasteiger partial charge in [-0.1, -0.05) is 42.5 Å². The number of hydrogen-bond donors (Lipinski definition) is 1. The monoisotopic (exact) mass is 327 g/mol. The summed E-state index contributed by atoms with van der Waals surface area (Å²) in [5, 5.41) is 4.80. The number of carbonyl (C=O) groups is 2. The molecule has 0 aliphatic carbocycles. The number of hydrogen-bond acceptors (Lipinski definition) is 4. The molecule has 1 aliphatic rings. The third-order valence-corrected chi connectivity index (χ3v) is 4.66. The molecule has 5 heteroatoms. The predicted molar refractivity (Wildman–Crippen MR) is 89.7 cm³/mol. The summed E-state index contributed by atoms with van der Waals surface area (Å²) in [5.74, 6) is -1.99. The maximum absolute atomic E-state index is 12.6. The van der Waals surface area contributed by atoms with E-state index in [1.54, 1.807) is 18.3 Å². The van der Waals surface area contributed by atoms with Gasteiger partial charge in [-0.2, -0.15) is 0 Å². The van der Waals surface area contributed by atoms with Gasteiger partial charge in [0.1, 0.15) is 5.92 Å². The van der Waals surface area contributed by atoms with Crippen molar-refractivity contribution in [3.8, 4) is 0 Å². The van der Waals surface area contributed by atoms with Gasteiger partial charge in [0, 0.05) is 5.92 Å². The molecule has 0 saturated heterocycles. The number of ether oxygens (including phenoxy) is 1. The van der Waals surface area contributed by atoms with E-state index in [4.69, 9.17) is 4.74 Å². The molecule has 2 aromatic rings. The number of allylic oxidation sites excluding steroid dienone is 1. The van der Waals surface area contributed by atoms with E-state index >= 15 is 0 Å². The topological polar surface area (TPSA) is 55.4 Å². The van der Waals surface area contributed by atoms with Crippen LogP contribution in [0.4, 0.5) is 0 Å². The minimum atomic E-state index is -0.860. The number of rotatable bonds is 4. The van der Waals surface area contributed by atoms with Crippen LogP contribution in [-0.4, -0.2) is 18.5 Å². The van der Waals surface area contributed by atoms with E-state index < -0.39 is 11.9 Å². The van der Waals surface area contributed by atoms with Crippen molar-refractivity contribution in [1.29, 1.82) is 0 Å². The Balaban J connectivity index is 2.03. The van der Waals surface area contributed by atoms with E-state index in [-0.39, 0.29) is 18.4 Å². The molecule has 2 heterocycles. The summed E-state index contributed by atoms with van der Waals surface area (Å²) in [6.45, 7) is 1.99. The second-order valence-electron chi connectivity index (χ2n) is 5.21. The molecule has 118 valence electrons. The largest absolute Gasteiger partial charge is 0.465 e. The lowest BCUT2D eigenvalue weighted by Crippen LogP contribution is -2.42. The number of benzene rings is 1. The van der Waals surface area contributed by atoms with Crippen molar-refractivity contribution in [3.05, 3.63) is 64.4 Å². The second-order valence-corrected chi connectivity index (χ2v) is 6.16. The first-order valence-corrected chi connectivity index (χ1v) is 8.37. The van der Waals surface area contributed by atoms with Crippen molar-refractivity contribution in [2.24, 2.45) is 5.92 Å². The maximum atomic E-state index is 12.6. The van der Waals surface area contributed by atoms with E-state index in [0.29, 0.717) is 0 Å². The zero-order valence-electron chi connectivity index (χ0n) is 12.7. The smallest absolute Gasteiger partial charge is 0.319 e. The Hall–Kier alpha value is -2.40. The molecule has 2 unspecified atom stereocenters. The Labute approximate surface area is 138 Å². The van der Waals surface area contributed by atoms with Gasteiger partial charge in [0.05, 0.1) is 17.2 Å². The maximum Gasteiger partial charge on any atom is 0.319 e. The molecule has 4 nitrogen and oxygen atoms in total. The molecular formula is C18H17NO3S. The van der Waals surface area contributed by atoms with Crippen LogP contribution in [0.15, 0.2) is 53.9 Å². The van der Waals surface area contributed by atoms with Crippen molar-refractivity contribution in [1.82, 2.24) is 5.32 Å². The summed E-state index contributed by atoms with van der Waals surface area (Å²) in [6.07, 6.45) is 1.95. The van der Waals surface area contributed by atoms with E-state index in [0.717, 1.165) is 16.1 Å². The van der Waals surface area contributed by atoms with Crippen LogP contribution in [0.5, 0.6) is 0 Å². The highest BCUT2D eigenvalue weighted by Crippen LogP contribution is 2.35. The zero-order chi connectivity index (χ0) is 16.2. The van der Waals surface area contributed by atoms with Crippen molar-refractivity contribution in [2.75, 3.05) is 6.61 Å². The summed E-state index contributed by atoms with van der Waals surface area (Å²) in [5.41, 5.74) is 1.67. The van der Waals surface area contributed by atoms with Gasteiger partial charge in [0.2, 0.25) is 5.91 Å². The molecule has 23 heavy (non-hydrogen) atoms. The van der Waals surface area contributed by atoms with E-state index in [1.165, 1.54) is 0 Å². The van der Waals surface area contributed by atoms with Gasteiger partial charge in [-0.15, -0.1) is 11.3 Å². The molecular weight excluding hydrogens is 310 g/mol. The molecule has 0 saturated carbocycles. The third-order valence-electron chi connectivity index (χ3n) is 3.76. The van der Waals surface area contributed by atoms with Crippen LogP contribution in [-0.2, 0) is 14.3 Å². The number of thiophene rings is 1. The SMILES string of the molecule is CCOC(=O)C1C(=O)NC(c2cccs2)=CC1c1ccccc1.